The van der Waals surface area contributed by atoms with Gasteiger partial charge in [0.2, 0.25) is 0 Å². The molecule has 0 amide bonds. The summed E-state index contributed by atoms with van der Waals surface area (Å²) in [5, 5.41) is 16.3. The first-order valence-electron chi connectivity index (χ1n) is 18.4. The van der Waals surface area contributed by atoms with Crippen LogP contribution in [0.1, 0.15) is 5.56 Å². The third kappa shape index (κ3) is 4.99. The second-order valence-electron chi connectivity index (χ2n) is 14.5. The van der Waals surface area contributed by atoms with E-state index in [1.807, 2.05) is 42.5 Å². The van der Waals surface area contributed by atoms with Crippen LogP contribution in [0.2, 0.25) is 0 Å². The number of aromatic nitrogens is 3. The fourth-order valence-corrected chi connectivity index (χ4v) is 8.30. The predicted octanol–water partition coefficient (Wildman–Crippen LogP) is -1.57. The summed E-state index contributed by atoms with van der Waals surface area (Å²) in [7, 11) is 15.2. The van der Waals surface area contributed by atoms with Gasteiger partial charge in [0.15, 0.2) is 17.5 Å². The first-order chi connectivity index (χ1) is 26.2. The van der Waals surface area contributed by atoms with E-state index >= 15 is 0 Å². The Bertz CT molecular complexity index is 3100. The molecule has 0 aliphatic carbocycles. The Kier molecular flexibility index (Phi) is 7.94. The largest absolute Gasteiger partial charge is 0.457 e. The molecule has 2 aromatic heterocycles. The van der Waals surface area contributed by atoms with Crippen LogP contribution in [-0.4, -0.2) is 69.9 Å². The van der Waals surface area contributed by atoms with Crippen molar-refractivity contribution in [2.75, 3.05) is 0 Å². The molecule has 0 atom stereocenters. The Morgan fingerprint density at radius 2 is 1.00 bits per heavy atom. The summed E-state index contributed by atoms with van der Waals surface area (Å²) in [6.45, 7) is 0. The minimum absolute atomic E-state index is 0.593. The lowest BCUT2D eigenvalue weighted by molar-refractivity contribution is 0.675. The number of benzene rings is 7. The number of rotatable bonds is 4. The van der Waals surface area contributed by atoms with Gasteiger partial charge in [0.25, 0.3) is 0 Å². The Morgan fingerprint density at radius 1 is 0.444 bits per heavy atom. The molecule has 54 heavy (non-hydrogen) atoms. The van der Waals surface area contributed by atoms with Gasteiger partial charge in [-0.25, -0.2) is 15.0 Å². The Balaban J connectivity index is 1.37. The monoisotopic (exact) mass is 684 g/mol. The molecule has 0 saturated carbocycles. The van der Waals surface area contributed by atoms with Crippen LogP contribution in [-0.2, 0) is 0 Å². The van der Waals surface area contributed by atoms with Crippen molar-refractivity contribution < 1.29 is 4.42 Å². The third-order valence-electron chi connectivity index (χ3n) is 11.8. The van der Waals surface area contributed by atoms with Crippen molar-refractivity contribution in [1.82, 2.24) is 15.0 Å². The van der Waals surface area contributed by atoms with Crippen molar-refractivity contribution in [3.8, 4) is 51.4 Å². The highest BCUT2D eigenvalue weighted by molar-refractivity contribution is 6.68. The molecule has 0 spiro atoms. The molecule has 0 unspecified atom stereocenters. The molecule has 7 aromatic carbocycles. The smallest absolute Gasteiger partial charge is 0.164 e. The number of hydrogen-bond donors (Lipinski definition) is 0. The third-order valence-corrected chi connectivity index (χ3v) is 11.8. The van der Waals surface area contributed by atoms with Crippen molar-refractivity contribution in [3.05, 3.63) is 109 Å². The minimum Gasteiger partial charge on any atom is -0.457 e. The molecule has 0 fully saturated rings. The topological polar surface area (TPSA) is 75.6 Å². The van der Waals surface area contributed by atoms with Crippen LogP contribution < -0.4 is 38.2 Å². The predicted molar refractivity (Wildman–Crippen MR) is 246 cm³/mol. The van der Waals surface area contributed by atoms with Crippen LogP contribution in [0.3, 0.4) is 0 Å². The molecule has 0 radical (unpaired) electrons. The van der Waals surface area contributed by atoms with Gasteiger partial charge in [0, 0.05) is 32.8 Å². The second-order valence-corrected chi connectivity index (χ2v) is 14.5. The molecule has 9 aromatic rings. The van der Waals surface area contributed by atoms with Gasteiger partial charge in [-0.3, -0.25) is 0 Å². The van der Waals surface area contributed by atoms with Gasteiger partial charge >= 0.3 is 0 Å². The molecule has 0 aliphatic heterocycles. The highest BCUT2D eigenvalue weighted by Gasteiger charge is 2.25. The summed E-state index contributed by atoms with van der Waals surface area (Å²) in [6.07, 6.45) is 0. The Labute approximate surface area is 320 Å². The van der Waals surface area contributed by atoms with Gasteiger partial charge in [-0.05, 0) is 33.4 Å². The van der Waals surface area contributed by atoms with Crippen LogP contribution in [0.15, 0.2) is 108 Å². The molecule has 0 aliphatic rings. The maximum Gasteiger partial charge on any atom is 0.164 e. The van der Waals surface area contributed by atoms with E-state index in [1.54, 1.807) is 0 Å². The zero-order valence-electron chi connectivity index (χ0n) is 31.5. The van der Waals surface area contributed by atoms with Crippen LogP contribution in [0.5, 0.6) is 0 Å². The standard InChI is InChI=1S/C42H31B7N4O/c43-31-29-28-30(32(44)34(46)36(48)38(28)54-39(29)37(49)35(47)33(31)45)42-52-40(20-8-2-1-3-9-20)51-41(53-42)26-17-7-13-22-23(14-6-15-24(22)26)25-16-5-11-19-10-4-12-21(18-50)27(19)25/h1-17H,43-49H2. The molecular weight excluding hydrogens is 652 g/mol. The van der Waals surface area contributed by atoms with Gasteiger partial charge < -0.3 is 4.42 Å². The quantitative estimate of drug-likeness (QED) is 0.210. The molecule has 2 heterocycles. The zero-order valence-corrected chi connectivity index (χ0v) is 31.5. The van der Waals surface area contributed by atoms with Gasteiger partial charge in [0.1, 0.15) is 66.1 Å². The molecule has 12 heteroatoms. The summed E-state index contributed by atoms with van der Waals surface area (Å²) >= 11 is 0. The van der Waals surface area contributed by atoms with E-state index in [2.05, 4.69) is 122 Å². The van der Waals surface area contributed by atoms with Crippen LogP contribution in [0.4, 0.5) is 0 Å². The SMILES string of the molecule is Bc1c(B)c(B)c2c(oc3c(B)c(B)c(B)c(-c4nc(-c5ccccc5)nc(-c5cccc6c(-c7cccc8cccc(C#N)c78)cccc56)n4)c32)c1B. The van der Waals surface area contributed by atoms with Gasteiger partial charge in [-0.15, -0.1) is 5.46 Å². The summed E-state index contributed by atoms with van der Waals surface area (Å²) in [5.74, 6) is 1.81. The minimum atomic E-state index is 0.593. The first-order valence-corrected chi connectivity index (χ1v) is 18.4. The summed E-state index contributed by atoms with van der Waals surface area (Å²) in [6, 6.07) is 37.4. The number of furan rings is 1. The van der Waals surface area contributed by atoms with E-state index in [4.69, 9.17) is 19.4 Å². The Morgan fingerprint density at radius 3 is 1.72 bits per heavy atom. The zero-order chi connectivity index (χ0) is 37.4. The van der Waals surface area contributed by atoms with E-state index in [1.165, 1.54) is 16.4 Å². The first kappa shape index (κ1) is 33.6. The molecule has 0 saturated heterocycles. The lowest BCUT2D eigenvalue weighted by Crippen LogP contribution is -2.47. The molecular formula is C42H31B7N4O. The molecule has 0 N–H and O–H groups in total. The van der Waals surface area contributed by atoms with E-state index in [0.29, 0.717) is 23.0 Å². The number of hydrogen-bond acceptors (Lipinski definition) is 5. The Hall–Kier alpha value is -6.19. The van der Waals surface area contributed by atoms with Crippen molar-refractivity contribution in [2.45, 2.75) is 0 Å². The number of fused-ring (bicyclic) bond motifs is 5. The molecule has 0 bridgehead atoms. The lowest BCUT2D eigenvalue weighted by atomic mass is 9.64. The van der Waals surface area contributed by atoms with Crippen LogP contribution >= 0.6 is 0 Å². The average molecular weight is 683 g/mol. The van der Waals surface area contributed by atoms with Crippen LogP contribution in [0.25, 0.3) is 88.8 Å². The van der Waals surface area contributed by atoms with E-state index in [9.17, 15) is 5.26 Å². The fraction of sp³-hybridized carbons (Fsp3) is 0. The second kappa shape index (κ2) is 12.7. The van der Waals surface area contributed by atoms with Gasteiger partial charge in [-0.1, -0.05) is 130 Å². The molecule has 246 valence electrons. The summed E-state index contributed by atoms with van der Waals surface area (Å²) in [4.78, 5) is 15.8. The van der Waals surface area contributed by atoms with Crippen LogP contribution in [0, 0.1) is 11.3 Å². The molecule has 9 rings (SSSR count). The van der Waals surface area contributed by atoms with E-state index in [-0.39, 0.29) is 0 Å². The lowest BCUT2D eigenvalue weighted by Gasteiger charge is -2.17. The van der Waals surface area contributed by atoms with E-state index in [0.717, 1.165) is 93.2 Å². The highest BCUT2D eigenvalue weighted by atomic mass is 16.3. The normalized spacial score (nSPS) is 11.5. The van der Waals surface area contributed by atoms with Gasteiger partial charge in [-0.2, -0.15) is 5.26 Å². The number of nitriles is 1. The maximum atomic E-state index is 10.1. The van der Waals surface area contributed by atoms with Crippen molar-refractivity contribution in [3.63, 3.8) is 0 Å². The van der Waals surface area contributed by atoms with Gasteiger partial charge in [0.05, 0.1) is 11.6 Å². The highest BCUT2D eigenvalue weighted by Crippen LogP contribution is 2.39. The number of nitrogens with zero attached hydrogens (tertiary/aromatic N) is 4. The fourth-order valence-electron chi connectivity index (χ4n) is 8.30. The van der Waals surface area contributed by atoms with Crippen molar-refractivity contribution in [2.24, 2.45) is 0 Å². The maximum absolute atomic E-state index is 10.1. The van der Waals surface area contributed by atoms with E-state index < -0.39 is 0 Å². The summed E-state index contributed by atoms with van der Waals surface area (Å²) < 4.78 is 6.83. The summed E-state index contributed by atoms with van der Waals surface area (Å²) in [5.41, 5.74) is 15.6. The van der Waals surface area contributed by atoms with Crippen molar-refractivity contribution in [1.29, 1.82) is 5.26 Å². The average Bonchev–Trinajstić information content (AvgIpc) is 3.61. The molecule has 5 nitrogen and oxygen atoms in total. The van der Waals surface area contributed by atoms with Crippen molar-refractivity contribution >= 4 is 137 Å².